The molecule has 1 aromatic rings. The van der Waals surface area contributed by atoms with Crippen LogP contribution in [0.3, 0.4) is 0 Å². The van der Waals surface area contributed by atoms with E-state index in [1.165, 1.54) is 6.07 Å². The fourth-order valence-corrected chi connectivity index (χ4v) is 2.81. The van der Waals surface area contributed by atoms with Crippen LogP contribution in [0.15, 0.2) is 24.3 Å². The van der Waals surface area contributed by atoms with E-state index in [-0.39, 0.29) is 16.6 Å². The second-order valence-electron chi connectivity index (χ2n) is 4.38. The summed E-state index contributed by atoms with van der Waals surface area (Å²) in [4.78, 5) is 0. The minimum atomic E-state index is -0.0965. The van der Waals surface area contributed by atoms with Crippen molar-refractivity contribution in [2.24, 2.45) is 0 Å². The molecule has 1 aromatic carbocycles. The lowest BCUT2D eigenvalue weighted by atomic mass is 9.81. The fourth-order valence-electron chi connectivity index (χ4n) is 2.36. The number of halogens is 2. The predicted octanol–water partition coefficient (Wildman–Crippen LogP) is 3.87. The van der Waals surface area contributed by atoms with Crippen molar-refractivity contribution < 1.29 is 4.39 Å². The molecule has 1 saturated carbocycles. The zero-order valence-corrected chi connectivity index (χ0v) is 9.02. The third-order valence-electron chi connectivity index (χ3n) is 3.21. The zero-order valence-electron chi connectivity index (χ0n) is 8.26. The van der Waals surface area contributed by atoms with Gasteiger partial charge in [0, 0.05) is 5.38 Å². The van der Waals surface area contributed by atoms with E-state index in [0.29, 0.717) is 0 Å². The maximum atomic E-state index is 13.6. The summed E-state index contributed by atoms with van der Waals surface area (Å²) < 4.78 is 13.6. The van der Waals surface area contributed by atoms with Crippen LogP contribution in [0.5, 0.6) is 0 Å². The van der Waals surface area contributed by atoms with E-state index in [1.54, 1.807) is 6.07 Å². The molecule has 0 heterocycles. The van der Waals surface area contributed by atoms with E-state index in [4.69, 9.17) is 11.6 Å². The van der Waals surface area contributed by atoms with Crippen molar-refractivity contribution in [2.75, 3.05) is 0 Å². The lowest BCUT2D eigenvalue weighted by Crippen LogP contribution is -2.19. The normalized spacial score (nSPS) is 32.1. The third-order valence-corrected chi connectivity index (χ3v) is 3.58. The molecule has 2 unspecified atom stereocenters. The van der Waals surface area contributed by atoms with E-state index in [2.05, 4.69) is 6.92 Å². The molecule has 0 radical (unpaired) electrons. The van der Waals surface area contributed by atoms with Crippen LogP contribution in [0.1, 0.15) is 31.7 Å². The summed E-state index contributed by atoms with van der Waals surface area (Å²) in [5.41, 5.74) is 0.765. The highest BCUT2D eigenvalue weighted by molar-refractivity contribution is 6.20. The SMILES string of the molecule is CC1(c2ccccc2F)CCC(Cl)C1. The molecule has 0 saturated heterocycles. The van der Waals surface area contributed by atoms with E-state index in [1.807, 2.05) is 12.1 Å². The van der Waals surface area contributed by atoms with Gasteiger partial charge in [0.1, 0.15) is 5.82 Å². The summed E-state index contributed by atoms with van der Waals surface area (Å²) in [6, 6.07) is 7.03. The Morgan fingerprint density at radius 2 is 2.14 bits per heavy atom. The smallest absolute Gasteiger partial charge is 0.126 e. The Labute approximate surface area is 89.1 Å². The summed E-state index contributed by atoms with van der Waals surface area (Å²) in [5, 5.41) is 0.208. The Hall–Kier alpha value is -0.560. The average Bonchev–Trinajstić information content (AvgIpc) is 2.48. The summed E-state index contributed by atoms with van der Waals surface area (Å²) >= 11 is 6.08. The Kier molecular flexibility index (Phi) is 2.52. The largest absolute Gasteiger partial charge is 0.207 e. The Morgan fingerprint density at radius 1 is 1.43 bits per heavy atom. The van der Waals surface area contributed by atoms with Crippen molar-refractivity contribution >= 4 is 11.6 Å². The Balaban J connectivity index is 2.35. The molecular weight excluding hydrogens is 199 g/mol. The van der Waals surface area contributed by atoms with Crippen molar-refractivity contribution in [3.63, 3.8) is 0 Å². The topological polar surface area (TPSA) is 0 Å². The standard InChI is InChI=1S/C12H14ClF/c1-12(7-6-9(13)8-12)10-4-2-3-5-11(10)14/h2-5,9H,6-8H2,1H3. The van der Waals surface area contributed by atoms with Gasteiger partial charge < -0.3 is 0 Å². The van der Waals surface area contributed by atoms with Crippen molar-refractivity contribution in [3.8, 4) is 0 Å². The van der Waals surface area contributed by atoms with Crippen LogP contribution in [-0.2, 0) is 5.41 Å². The molecule has 0 N–H and O–H groups in total. The molecule has 1 fully saturated rings. The highest BCUT2D eigenvalue weighted by Crippen LogP contribution is 2.43. The van der Waals surface area contributed by atoms with Gasteiger partial charge >= 0.3 is 0 Å². The van der Waals surface area contributed by atoms with Crippen molar-refractivity contribution in [3.05, 3.63) is 35.6 Å². The van der Waals surface area contributed by atoms with Crippen LogP contribution in [-0.4, -0.2) is 5.38 Å². The first kappa shape index (κ1) is 9.97. The summed E-state index contributed by atoms with van der Waals surface area (Å²) in [6.07, 6.45) is 2.87. The van der Waals surface area contributed by atoms with Gasteiger partial charge in [-0.15, -0.1) is 11.6 Å². The molecule has 0 nitrogen and oxygen atoms in total. The molecule has 14 heavy (non-hydrogen) atoms. The van der Waals surface area contributed by atoms with Gasteiger partial charge in [-0.1, -0.05) is 25.1 Å². The number of alkyl halides is 1. The summed E-state index contributed by atoms with van der Waals surface area (Å²) in [5.74, 6) is -0.0965. The Bertz CT molecular complexity index is 337. The first-order valence-corrected chi connectivity index (χ1v) is 5.44. The fraction of sp³-hybridized carbons (Fsp3) is 0.500. The molecule has 76 valence electrons. The summed E-state index contributed by atoms with van der Waals surface area (Å²) in [6.45, 7) is 2.10. The van der Waals surface area contributed by atoms with Crippen LogP contribution in [0, 0.1) is 5.82 Å². The van der Waals surface area contributed by atoms with Crippen LogP contribution in [0.2, 0.25) is 0 Å². The molecular formula is C12H14ClF. The average molecular weight is 213 g/mol. The quantitative estimate of drug-likeness (QED) is 0.620. The van der Waals surface area contributed by atoms with E-state index >= 15 is 0 Å². The highest BCUT2D eigenvalue weighted by Gasteiger charge is 2.37. The first-order valence-electron chi connectivity index (χ1n) is 5.01. The van der Waals surface area contributed by atoms with Gasteiger partial charge in [-0.05, 0) is 36.3 Å². The number of benzene rings is 1. The number of hydrogen-bond acceptors (Lipinski definition) is 0. The molecule has 0 bridgehead atoms. The van der Waals surface area contributed by atoms with Gasteiger partial charge in [0.15, 0.2) is 0 Å². The zero-order chi connectivity index (χ0) is 10.2. The molecule has 2 rings (SSSR count). The Morgan fingerprint density at radius 3 is 2.71 bits per heavy atom. The predicted molar refractivity (Wildman–Crippen MR) is 57.2 cm³/mol. The minimum absolute atomic E-state index is 0.0578. The number of hydrogen-bond donors (Lipinski definition) is 0. The van der Waals surface area contributed by atoms with E-state index in [9.17, 15) is 4.39 Å². The molecule has 0 spiro atoms. The summed E-state index contributed by atoms with van der Waals surface area (Å²) in [7, 11) is 0. The van der Waals surface area contributed by atoms with Crippen LogP contribution in [0.25, 0.3) is 0 Å². The second-order valence-corrected chi connectivity index (χ2v) is 5.00. The highest BCUT2D eigenvalue weighted by atomic mass is 35.5. The second kappa shape index (κ2) is 3.54. The van der Waals surface area contributed by atoms with Gasteiger partial charge in [0.05, 0.1) is 0 Å². The molecule has 2 atom stereocenters. The van der Waals surface area contributed by atoms with Gasteiger partial charge in [0.2, 0.25) is 0 Å². The van der Waals surface area contributed by atoms with Crippen LogP contribution < -0.4 is 0 Å². The maximum Gasteiger partial charge on any atom is 0.126 e. The maximum absolute atomic E-state index is 13.6. The lowest BCUT2D eigenvalue weighted by Gasteiger charge is -2.24. The molecule has 1 aliphatic carbocycles. The molecule has 0 aliphatic heterocycles. The monoisotopic (exact) mass is 212 g/mol. The van der Waals surface area contributed by atoms with Gasteiger partial charge in [-0.25, -0.2) is 4.39 Å². The molecule has 0 amide bonds. The van der Waals surface area contributed by atoms with Gasteiger partial charge in [-0.2, -0.15) is 0 Å². The number of rotatable bonds is 1. The first-order chi connectivity index (χ1) is 6.62. The molecule has 1 aliphatic rings. The van der Waals surface area contributed by atoms with Crippen molar-refractivity contribution in [2.45, 2.75) is 37.0 Å². The van der Waals surface area contributed by atoms with Crippen LogP contribution in [0.4, 0.5) is 4.39 Å². The van der Waals surface area contributed by atoms with Crippen molar-refractivity contribution in [1.29, 1.82) is 0 Å². The molecule has 0 aromatic heterocycles. The van der Waals surface area contributed by atoms with Crippen LogP contribution >= 0.6 is 11.6 Å². The van der Waals surface area contributed by atoms with E-state index in [0.717, 1.165) is 24.8 Å². The van der Waals surface area contributed by atoms with E-state index < -0.39 is 0 Å². The lowest BCUT2D eigenvalue weighted by molar-refractivity contribution is 0.458. The molecule has 2 heteroatoms. The van der Waals surface area contributed by atoms with Gasteiger partial charge in [0.25, 0.3) is 0 Å². The van der Waals surface area contributed by atoms with Crippen molar-refractivity contribution in [1.82, 2.24) is 0 Å². The third kappa shape index (κ3) is 1.66. The van der Waals surface area contributed by atoms with Gasteiger partial charge in [-0.3, -0.25) is 0 Å². The minimum Gasteiger partial charge on any atom is -0.207 e.